The quantitative estimate of drug-likeness (QED) is 0.347. The van der Waals surface area contributed by atoms with Gasteiger partial charge in [-0.05, 0) is 0 Å². The van der Waals surface area contributed by atoms with Gasteiger partial charge >= 0.3 is 5.97 Å². The third-order valence-electron chi connectivity index (χ3n) is 0.715. The number of aliphatic carboxylic acids is 1. The van der Waals surface area contributed by atoms with Gasteiger partial charge in [-0.25, -0.2) is 0 Å². The van der Waals surface area contributed by atoms with Crippen LogP contribution in [0.3, 0.4) is 0 Å². The summed E-state index contributed by atoms with van der Waals surface area (Å²) in [6.45, 7) is 0. The van der Waals surface area contributed by atoms with Crippen molar-refractivity contribution in [3.63, 3.8) is 0 Å². The van der Waals surface area contributed by atoms with Gasteiger partial charge < -0.3 is 9.84 Å². The summed E-state index contributed by atoms with van der Waals surface area (Å²) < 4.78 is 4.40. The van der Waals surface area contributed by atoms with Crippen LogP contribution in [-0.2, 0) is 14.3 Å². The summed E-state index contributed by atoms with van der Waals surface area (Å²) in [6.07, 6.45) is 1.74. The van der Waals surface area contributed by atoms with Gasteiger partial charge in [-0.3, -0.25) is 9.59 Å². The molecule has 4 heteroatoms. The summed E-state index contributed by atoms with van der Waals surface area (Å²) in [7, 11) is 1.38. The first-order valence-electron chi connectivity index (χ1n) is 2.60. The molecule has 1 N–H and O–H groups in total. The van der Waals surface area contributed by atoms with Crippen molar-refractivity contribution in [2.45, 2.75) is 6.42 Å². The molecule has 0 amide bonds. The Morgan fingerprint density at radius 2 is 2.20 bits per heavy atom. The second-order valence-electron chi connectivity index (χ2n) is 1.58. The fraction of sp³-hybridized carbons (Fsp3) is 0.333. The lowest BCUT2D eigenvalue weighted by Crippen LogP contribution is -2.03. The number of allylic oxidation sites excluding steroid dienone is 1. The molecule has 0 aromatic rings. The minimum atomic E-state index is -1.13. The summed E-state index contributed by atoms with van der Waals surface area (Å²) in [5.41, 5.74) is 0. The molecule has 0 aromatic carbocycles. The first-order valence-corrected chi connectivity index (χ1v) is 2.60. The topological polar surface area (TPSA) is 63.6 Å². The van der Waals surface area contributed by atoms with Gasteiger partial charge in [0.2, 0.25) is 0 Å². The summed E-state index contributed by atoms with van der Waals surface area (Å²) in [4.78, 5) is 20.3. The first kappa shape index (κ1) is 8.68. The third kappa shape index (κ3) is 4.83. The number of ketones is 1. The van der Waals surface area contributed by atoms with Crippen LogP contribution in [0.2, 0.25) is 0 Å². The SMILES string of the molecule is CO/C=C/C(=O)CC(=O)O. The van der Waals surface area contributed by atoms with E-state index < -0.39 is 18.2 Å². The number of carboxylic acid groups (broad SMARTS) is 1. The van der Waals surface area contributed by atoms with E-state index in [1.807, 2.05) is 0 Å². The Balaban J connectivity index is 3.64. The van der Waals surface area contributed by atoms with Gasteiger partial charge in [0, 0.05) is 6.08 Å². The number of carbonyl (C=O) groups is 2. The maximum atomic E-state index is 10.5. The Labute approximate surface area is 58.1 Å². The number of ether oxygens (including phenoxy) is 1. The van der Waals surface area contributed by atoms with Crippen LogP contribution in [0.5, 0.6) is 0 Å². The molecule has 0 aliphatic heterocycles. The zero-order valence-corrected chi connectivity index (χ0v) is 5.53. The lowest BCUT2D eigenvalue weighted by atomic mass is 10.3. The summed E-state index contributed by atoms with van der Waals surface area (Å²) in [5.74, 6) is -1.61. The number of hydrogen-bond donors (Lipinski definition) is 1. The number of carbonyl (C=O) groups excluding carboxylic acids is 1. The monoisotopic (exact) mass is 144 g/mol. The molecule has 0 saturated heterocycles. The van der Waals surface area contributed by atoms with Gasteiger partial charge in [-0.15, -0.1) is 0 Å². The molecule has 0 atom stereocenters. The molecule has 0 spiro atoms. The normalized spacial score (nSPS) is 9.70. The molecule has 0 rings (SSSR count). The van der Waals surface area contributed by atoms with Crippen LogP contribution in [0.25, 0.3) is 0 Å². The van der Waals surface area contributed by atoms with Crippen LogP contribution in [0.15, 0.2) is 12.3 Å². The highest BCUT2D eigenvalue weighted by Gasteiger charge is 2.02. The van der Waals surface area contributed by atoms with E-state index in [-0.39, 0.29) is 0 Å². The lowest BCUT2D eigenvalue weighted by Gasteiger charge is -1.87. The van der Waals surface area contributed by atoms with E-state index in [0.29, 0.717) is 0 Å². The van der Waals surface area contributed by atoms with E-state index >= 15 is 0 Å². The second-order valence-corrected chi connectivity index (χ2v) is 1.58. The van der Waals surface area contributed by atoms with Crippen LogP contribution in [0.4, 0.5) is 0 Å². The third-order valence-corrected chi connectivity index (χ3v) is 0.715. The van der Waals surface area contributed by atoms with E-state index in [2.05, 4.69) is 4.74 Å². The van der Waals surface area contributed by atoms with Crippen molar-refractivity contribution in [3.8, 4) is 0 Å². The highest BCUT2D eigenvalue weighted by Crippen LogP contribution is 1.85. The minimum absolute atomic E-state index is 0.477. The Morgan fingerprint density at radius 3 is 2.60 bits per heavy atom. The van der Waals surface area contributed by atoms with Crippen molar-refractivity contribution in [1.29, 1.82) is 0 Å². The lowest BCUT2D eigenvalue weighted by molar-refractivity contribution is -0.139. The molecule has 4 nitrogen and oxygen atoms in total. The molecule has 0 radical (unpaired) electrons. The molecule has 0 bridgehead atoms. The van der Waals surface area contributed by atoms with Crippen molar-refractivity contribution >= 4 is 11.8 Å². The Morgan fingerprint density at radius 1 is 1.60 bits per heavy atom. The fourth-order valence-electron chi connectivity index (χ4n) is 0.352. The number of rotatable bonds is 4. The second kappa shape index (κ2) is 4.55. The molecule has 0 fully saturated rings. The van der Waals surface area contributed by atoms with Crippen LogP contribution < -0.4 is 0 Å². The molecule has 0 heterocycles. The average Bonchev–Trinajstić information content (AvgIpc) is 1.82. The van der Waals surface area contributed by atoms with Gasteiger partial charge in [0.25, 0.3) is 0 Å². The van der Waals surface area contributed by atoms with Crippen LogP contribution in [-0.4, -0.2) is 24.0 Å². The van der Waals surface area contributed by atoms with Gasteiger partial charge in [-0.2, -0.15) is 0 Å². The van der Waals surface area contributed by atoms with Crippen LogP contribution in [0.1, 0.15) is 6.42 Å². The van der Waals surface area contributed by atoms with Gasteiger partial charge in [0.1, 0.15) is 6.42 Å². The maximum absolute atomic E-state index is 10.5. The standard InChI is InChI=1S/C6H8O4/c1-10-3-2-5(7)4-6(8)9/h2-3H,4H2,1H3,(H,8,9)/b3-2+. The molecular weight excluding hydrogens is 136 g/mol. The van der Waals surface area contributed by atoms with Crippen molar-refractivity contribution in [3.05, 3.63) is 12.3 Å². The highest BCUT2D eigenvalue weighted by molar-refractivity contribution is 6.01. The zero-order chi connectivity index (χ0) is 7.98. The number of hydrogen-bond acceptors (Lipinski definition) is 3. The maximum Gasteiger partial charge on any atom is 0.311 e. The van der Waals surface area contributed by atoms with Crippen LogP contribution >= 0.6 is 0 Å². The number of methoxy groups -OCH3 is 1. The van der Waals surface area contributed by atoms with E-state index in [0.717, 1.165) is 12.3 Å². The summed E-state index contributed by atoms with van der Waals surface area (Å²) in [6, 6.07) is 0. The average molecular weight is 144 g/mol. The minimum Gasteiger partial charge on any atom is -0.504 e. The predicted molar refractivity (Wildman–Crippen MR) is 33.4 cm³/mol. The Bertz CT molecular complexity index is 159. The highest BCUT2D eigenvalue weighted by atomic mass is 16.5. The van der Waals surface area contributed by atoms with Crippen molar-refractivity contribution in [1.82, 2.24) is 0 Å². The number of carboxylic acids is 1. The largest absolute Gasteiger partial charge is 0.504 e. The van der Waals surface area contributed by atoms with Gasteiger partial charge in [-0.1, -0.05) is 0 Å². The molecule has 0 aliphatic rings. The predicted octanol–water partition coefficient (Wildman–Crippen LogP) is 0.190. The molecule has 0 unspecified atom stereocenters. The van der Waals surface area contributed by atoms with Crippen molar-refractivity contribution < 1.29 is 19.4 Å². The summed E-state index contributed by atoms with van der Waals surface area (Å²) in [5, 5.41) is 8.09. The van der Waals surface area contributed by atoms with E-state index in [9.17, 15) is 9.59 Å². The molecule has 0 aromatic heterocycles. The fourth-order valence-corrected chi connectivity index (χ4v) is 0.352. The zero-order valence-electron chi connectivity index (χ0n) is 5.53. The molecule has 56 valence electrons. The summed E-state index contributed by atoms with van der Waals surface area (Å²) >= 11 is 0. The first-order chi connectivity index (χ1) is 4.66. The Hall–Kier alpha value is -1.32. The smallest absolute Gasteiger partial charge is 0.311 e. The molecular formula is C6H8O4. The van der Waals surface area contributed by atoms with E-state index in [4.69, 9.17) is 5.11 Å². The van der Waals surface area contributed by atoms with E-state index in [1.54, 1.807) is 0 Å². The Kier molecular flexibility index (Phi) is 3.95. The van der Waals surface area contributed by atoms with Gasteiger partial charge in [0.05, 0.1) is 13.4 Å². The van der Waals surface area contributed by atoms with Crippen molar-refractivity contribution in [2.24, 2.45) is 0 Å². The van der Waals surface area contributed by atoms with E-state index in [1.165, 1.54) is 7.11 Å². The molecule has 0 aliphatic carbocycles. The van der Waals surface area contributed by atoms with Crippen LogP contribution in [0, 0.1) is 0 Å². The molecule has 10 heavy (non-hydrogen) atoms. The van der Waals surface area contributed by atoms with Crippen molar-refractivity contribution in [2.75, 3.05) is 7.11 Å². The molecule has 0 saturated carbocycles. The van der Waals surface area contributed by atoms with Gasteiger partial charge in [0.15, 0.2) is 5.78 Å².